The lowest BCUT2D eigenvalue weighted by Crippen LogP contribution is -2.32. The van der Waals surface area contributed by atoms with Crippen LogP contribution in [0.1, 0.15) is 11.1 Å². The number of hydrogen-bond acceptors (Lipinski definition) is 6. The maximum absolute atomic E-state index is 11.8. The van der Waals surface area contributed by atoms with E-state index in [1.54, 1.807) is 19.2 Å². The summed E-state index contributed by atoms with van der Waals surface area (Å²) in [5.74, 6) is 0.603. The van der Waals surface area contributed by atoms with E-state index in [-0.39, 0.29) is 24.9 Å². The molecule has 0 bridgehead atoms. The van der Waals surface area contributed by atoms with Crippen LogP contribution in [0.5, 0.6) is 11.5 Å². The summed E-state index contributed by atoms with van der Waals surface area (Å²) in [6, 6.07) is 13.3. The van der Waals surface area contributed by atoms with E-state index in [1.807, 2.05) is 38.1 Å². The molecule has 0 aliphatic carbocycles. The molecule has 2 rings (SSSR count). The van der Waals surface area contributed by atoms with Gasteiger partial charge in [-0.1, -0.05) is 29.8 Å². The van der Waals surface area contributed by atoms with Gasteiger partial charge >= 0.3 is 5.97 Å². The van der Waals surface area contributed by atoms with Gasteiger partial charge in [0.25, 0.3) is 5.91 Å². The zero-order chi connectivity index (χ0) is 20.4. The summed E-state index contributed by atoms with van der Waals surface area (Å²) < 4.78 is 15.8. The second-order valence-corrected chi connectivity index (χ2v) is 7.08. The normalized spacial score (nSPS) is 10.2. The topological polar surface area (TPSA) is 73.9 Å². The molecule has 0 radical (unpaired) electrons. The van der Waals surface area contributed by atoms with E-state index < -0.39 is 5.97 Å². The van der Waals surface area contributed by atoms with Crippen LogP contribution in [0, 0.1) is 13.8 Å². The number of aryl methyl sites for hydroxylation is 2. The van der Waals surface area contributed by atoms with E-state index in [0.29, 0.717) is 18.0 Å². The van der Waals surface area contributed by atoms with Crippen molar-refractivity contribution in [2.45, 2.75) is 18.7 Å². The van der Waals surface area contributed by atoms with E-state index in [0.717, 1.165) is 10.5 Å². The first-order valence-corrected chi connectivity index (χ1v) is 9.86. The van der Waals surface area contributed by atoms with Crippen LogP contribution in [-0.4, -0.2) is 44.5 Å². The molecule has 6 nitrogen and oxygen atoms in total. The molecular weight excluding hydrogens is 378 g/mol. The highest BCUT2D eigenvalue weighted by Gasteiger charge is 2.09. The minimum absolute atomic E-state index is 0.161. The monoisotopic (exact) mass is 403 g/mol. The number of thioether (sulfide) groups is 1. The van der Waals surface area contributed by atoms with Gasteiger partial charge in [-0.05, 0) is 37.6 Å². The van der Waals surface area contributed by atoms with Crippen LogP contribution >= 0.6 is 11.8 Å². The molecule has 28 heavy (non-hydrogen) atoms. The number of methoxy groups -OCH3 is 1. The van der Waals surface area contributed by atoms with Crippen molar-refractivity contribution in [2.24, 2.45) is 0 Å². The summed E-state index contributed by atoms with van der Waals surface area (Å²) in [5, 5.41) is 2.65. The van der Waals surface area contributed by atoms with Crippen LogP contribution in [0.25, 0.3) is 0 Å². The highest BCUT2D eigenvalue weighted by Crippen LogP contribution is 2.25. The maximum atomic E-state index is 11.8. The van der Waals surface area contributed by atoms with Crippen LogP contribution in [0.3, 0.4) is 0 Å². The third-order valence-electron chi connectivity index (χ3n) is 3.79. The zero-order valence-corrected chi connectivity index (χ0v) is 17.1. The average molecular weight is 404 g/mol. The van der Waals surface area contributed by atoms with E-state index in [2.05, 4.69) is 11.4 Å². The van der Waals surface area contributed by atoms with Gasteiger partial charge in [0.2, 0.25) is 0 Å². The SMILES string of the molecule is COc1ccccc1OCCNC(=O)COC(=O)CSc1ccc(C)cc1C. The Morgan fingerprint density at radius 1 is 1.07 bits per heavy atom. The summed E-state index contributed by atoms with van der Waals surface area (Å²) in [6.45, 7) is 4.30. The predicted molar refractivity (Wildman–Crippen MR) is 109 cm³/mol. The summed E-state index contributed by atoms with van der Waals surface area (Å²) in [5.41, 5.74) is 2.29. The number of carbonyl (C=O) groups excluding carboxylic acids is 2. The molecule has 2 aromatic carbocycles. The Hall–Kier alpha value is -2.67. The molecule has 1 amide bonds. The molecule has 0 unspecified atom stereocenters. The number of rotatable bonds is 10. The Morgan fingerprint density at radius 3 is 2.54 bits per heavy atom. The van der Waals surface area contributed by atoms with Crippen molar-refractivity contribution >= 4 is 23.6 Å². The molecule has 0 aliphatic rings. The van der Waals surface area contributed by atoms with Crippen LogP contribution in [0.2, 0.25) is 0 Å². The van der Waals surface area contributed by atoms with Crippen molar-refractivity contribution in [3.8, 4) is 11.5 Å². The number of benzene rings is 2. The molecule has 0 aliphatic heterocycles. The van der Waals surface area contributed by atoms with Crippen molar-refractivity contribution in [2.75, 3.05) is 32.6 Å². The fourth-order valence-corrected chi connectivity index (χ4v) is 3.23. The smallest absolute Gasteiger partial charge is 0.316 e. The Bertz CT molecular complexity index is 809. The summed E-state index contributed by atoms with van der Waals surface area (Å²) >= 11 is 1.40. The third-order valence-corrected chi connectivity index (χ3v) is 4.94. The highest BCUT2D eigenvalue weighted by molar-refractivity contribution is 8.00. The second kappa shape index (κ2) is 11.2. The fraction of sp³-hybridized carbons (Fsp3) is 0.333. The molecule has 0 atom stereocenters. The lowest BCUT2D eigenvalue weighted by atomic mass is 10.2. The third kappa shape index (κ3) is 7.15. The van der Waals surface area contributed by atoms with E-state index in [9.17, 15) is 9.59 Å². The van der Waals surface area contributed by atoms with E-state index in [1.165, 1.54) is 17.3 Å². The average Bonchev–Trinajstić information content (AvgIpc) is 2.69. The molecule has 0 fully saturated rings. The first-order valence-electron chi connectivity index (χ1n) is 8.88. The number of amides is 1. The Labute approximate surface area is 169 Å². The number of para-hydroxylation sites is 2. The predicted octanol–water partition coefficient (Wildman–Crippen LogP) is 3.14. The molecule has 1 N–H and O–H groups in total. The standard InChI is InChI=1S/C21H25NO5S/c1-15-8-9-19(16(2)12-15)28-14-21(24)27-13-20(23)22-10-11-26-18-7-5-4-6-17(18)25-3/h4-9,12H,10-11,13-14H2,1-3H3,(H,22,23). The lowest BCUT2D eigenvalue weighted by Gasteiger charge is -2.11. The molecule has 0 saturated heterocycles. The van der Waals surface area contributed by atoms with Gasteiger partial charge in [-0.2, -0.15) is 0 Å². The molecule has 2 aromatic rings. The molecular formula is C21H25NO5S. The van der Waals surface area contributed by atoms with E-state index >= 15 is 0 Å². The number of esters is 1. The van der Waals surface area contributed by atoms with Crippen LogP contribution in [0.15, 0.2) is 47.4 Å². The fourth-order valence-electron chi connectivity index (χ4n) is 2.43. The van der Waals surface area contributed by atoms with Crippen LogP contribution < -0.4 is 14.8 Å². The van der Waals surface area contributed by atoms with Gasteiger partial charge in [-0.15, -0.1) is 11.8 Å². The molecule has 0 spiro atoms. The van der Waals surface area contributed by atoms with Crippen molar-refractivity contribution in [1.29, 1.82) is 0 Å². The lowest BCUT2D eigenvalue weighted by molar-refractivity contribution is -0.145. The summed E-state index contributed by atoms with van der Waals surface area (Å²) in [7, 11) is 1.57. The largest absolute Gasteiger partial charge is 0.493 e. The van der Waals surface area contributed by atoms with Gasteiger partial charge in [0.1, 0.15) is 6.61 Å². The van der Waals surface area contributed by atoms with Gasteiger partial charge in [-0.3, -0.25) is 9.59 Å². The number of ether oxygens (including phenoxy) is 3. The van der Waals surface area contributed by atoms with Crippen LogP contribution in [-0.2, 0) is 14.3 Å². The van der Waals surface area contributed by atoms with Crippen molar-refractivity contribution in [1.82, 2.24) is 5.32 Å². The Balaban J connectivity index is 1.62. The molecule has 0 saturated carbocycles. The highest BCUT2D eigenvalue weighted by atomic mass is 32.2. The van der Waals surface area contributed by atoms with Gasteiger partial charge in [-0.25, -0.2) is 0 Å². The molecule has 0 heterocycles. The first kappa shape index (κ1) is 21.6. The minimum atomic E-state index is -0.426. The van der Waals surface area contributed by atoms with Gasteiger partial charge in [0.05, 0.1) is 19.4 Å². The van der Waals surface area contributed by atoms with Crippen molar-refractivity contribution in [3.63, 3.8) is 0 Å². The Morgan fingerprint density at radius 2 is 1.82 bits per heavy atom. The Kier molecular flexibility index (Phi) is 8.68. The van der Waals surface area contributed by atoms with Gasteiger partial charge in [0, 0.05) is 4.90 Å². The van der Waals surface area contributed by atoms with Gasteiger partial charge in [0.15, 0.2) is 18.1 Å². The molecule has 7 heteroatoms. The zero-order valence-electron chi connectivity index (χ0n) is 16.3. The number of carbonyl (C=O) groups is 2. The van der Waals surface area contributed by atoms with Gasteiger partial charge < -0.3 is 19.5 Å². The number of hydrogen-bond donors (Lipinski definition) is 1. The van der Waals surface area contributed by atoms with E-state index in [4.69, 9.17) is 14.2 Å². The summed E-state index contributed by atoms with van der Waals surface area (Å²) in [6.07, 6.45) is 0. The van der Waals surface area contributed by atoms with Crippen molar-refractivity contribution in [3.05, 3.63) is 53.6 Å². The second-order valence-electron chi connectivity index (χ2n) is 6.07. The quantitative estimate of drug-likeness (QED) is 0.373. The minimum Gasteiger partial charge on any atom is -0.493 e. The summed E-state index contributed by atoms with van der Waals surface area (Å²) in [4.78, 5) is 24.6. The molecule has 150 valence electrons. The number of nitrogens with one attached hydrogen (secondary N) is 1. The first-order chi connectivity index (χ1) is 13.5. The van der Waals surface area contributed by atoms with Crippen LogP contribution in [0.4, 0.5) is 0 Å². The molecule has 0 aromatic heterocycles. The van der Waals surface area contributed by atoms with Crippen molar-refractivity contribution < 1.29 is 23.8 Å². The maximum Gasteiger partial charge on any atom is 0.316 e.